The van der Waals surface area contributed by atoms with Crippen molar-refractivity contribution in [1.82, 2.24) is 10.2 Å². The number of amides is 1. The van der Waals surface area contributed by atoms with Gasteiger partial charge >= 0.3 is 0 Å². The summed E-state index contributed by atoms with van der Waals surface area (Å²) in [5.41, 5.74) is 16.7. The molecular weight excluding hydrogens is 534 g/mol. The third-order valence-corrected chi connectivity index (χ3v) is 8.17. The van der Waals surface area contributed by atoms with Crippen LogP contribution in [0.4, 0.5) is 0 Å². The van der Waals surface area contributed by atoms with Gasteiger partial charge in [0.1, 0.15) is 18.8 Å². The Kier molecular flexibility index (Phi) is 16.1. The maximum Gasteiger partial charge on any atom is 0.244 e. The van der Waals surface area contributed by atoms with E-state index in [1.807, 2.05) is 13.1 Å². The quantitative estimate of drug-likeness (QED) is 0.168. The van der Waals surface area contributed by atoms with Crippen LogP contribution in [0.2, 0.25) is 0 Å². The Labute approximate surface area is 253 Å². The molecule has 5 unspecified atom stereocenters. The summed E-state index contributed by atoms with van der Waals surface area (Å²) in [7, 11) is 5.09. The van der Waals surface area contributed by atoms with Gasteiger partial charge in [-0.3, -0.25) is 9.79 Å². The Bertz CT molecular complexity index is 948. The molecule has 1 saturated carbocycles. The van der Waals surface area contributed by atoms with E-state index >= 15 is 0 Å². The van der Waals surface area contributed by atoms with Crippen molar-refractivity contribution in [3.8, 4) is 0 Å². The van der Waals surface area contributed by atoms with Crippen LogP contribution in [0.5, 0.6) is 0 Å². The fourth-order valence-electron chi connectivity index (χ4n) is 5.55. The summed E-state index contributed by atoms with van der Waals surface area (Å²) in [6.07, 6.45) is 11.3. The topological polar surface area (TPSA) is 145 Å². The highest BCUT2D eigenvalue weighted by molar-refractivity contribution is 5.81. The number of hydrogen-bond donors (Lipinski definition) is 4. The van der Waals surface area contributed by atoms with E-state index in [2.05, 4.69) is 50.2 Å². The molecule has 2 aliphatic rings. The summed E-state index contributed by atoms with van der Waals surface area (Å²) >= 11 is 0. The van der Waals surface area contributed by atoms with E-state index in [-0.39, 0.29) is 24.6 Å². The monoisotopic (exact) mass is 591 g/mol. The molecule has 1 saturated heterocycles. The molecule has 1 amide bonds. The minimum Gasteiger partial charge on any atom is -0.388 e. The zero-order valence-electron chi connectivity index (χ0n) is 26.9. The highest BCUT2D eigenvalue weighted by atomic mass is 16.7. The van der Waals surface area contributed by atoms with Gasteiger partial charge in [0.15, 0.2) is 6.29 Å². The van der Waals surface area contributed by atoms with Crippen LogP contribution in [0.3, 0.4) is 0 Å². The molecule has 1 aliphatic carbocycles. The second-order valence-electron chi connectivity index (χ2n) is 12.1. The Hall–Kier alpha value is -1.92. The first-order valence-corrected chi connectivity index (χ1v) is 15.4. The van der Waals surface area contributed by atoms with Crippen molar-refractivity contribution >= 4 is 12.1 Å². The van der Waals surface area contributed by atoms with Gasteiger partial charge in [-0.1, -0.05) is 28.9 Å². The van der Waals surface area contributed by atoms with E-state index in [0.29, 0.717) is 13.0 Å². The summed E-state index contributed by atoms with van der Waals surface area (Å²) in [6.45, 7) is 9.15. The molecular formula is C32H57N5O5. The van der Waals surface area contributed by atoms with Gasteiger partial charge in [0.2, 0.25) is 5.91 Å². The van der Waals surface area contributed by atoms with Crippen LogP contribution in [-0.2, 0) is 19.0 Å². The Morgan fingerprint density at radius 2 is 1.79 bits per heavy atom. The number of nitrogens with zero attached hydrogens (tertiary/aromatic N) is 2. The predicted molar refractivity (Wildman–Crippen MR) is 169 cm³/mol. The fraction of sp³-hybridized carbons (Fsp3) is 0.750. The predicted octanol–water partition coefficient (Wildman–Crippen LogP) is 2.85. The lowest BCUT2D eigenvalue weighted by Crippen LogP contribution is -2.66. The van der Waals surface area contributed by atoms with Crippen LogP contribution in [-0.4, -0.2) is 105 Å². The largest absolute Gasteiger partial charge is 0.388 e. The number of carbonyl (C=O) groups excluding carboxylic acids is 1. The van der Waals surface area contributed by atoms with Gasteiger partial charge in [-0.2, -0.15) is 0 Å². The number of hydrogen-bond acceptors (Lipinski definition) is 9. The maximum absolute atomic E-state index is 13.1. The SMILES string of the molecule is CNCC1CCC(N)[C@@H](O[C@H]2C(N)C[C@H](OC)C(N(C)C(=O)C/N=C/C=C(\C)CC/C=C(\C)CCC=C(C)C)C2O)O1. The van der Waals surface area contributed by atoms with E-state index in [0.717, 1.165) is 38.5 Å². The standard InChI is InChI=1S/C32H57N5O5/c1-21(2)10-8-11-22(3)12-9-13-23(4)16-17-36-20-28(38)37(6)29-27(40-7)18-26(34)31(30(29)39)42-32-25(33)15-14-24(41-32)19-35-5/h10,12,16-17,24-27,29-32,35,39H,8-9,11,13-15,18-20,33-34H2,1-7H3/b22-12+,23-16+,36-17+/t24?,25?,26?,27-,29?,30?,31-,32+/m0/s1. The van der Waals surface area contributed by atoms with Crippen molar-refractivity contribution < 1.29 is 24.1 Å². The van der Waals surface area contributed by atoms with E-state index < -0.39 is 36.7 Å². The van der Waals surface area contributed by atoms with Crippen LogP contribution in [0.15, 0.2) is 39.9 Å². The number of nitrogens with two attached hydrogens (primary N) is 2. The summed E-state index contributed by atoms with van der Waals surface area (Å²) in [5.74, 6) is -0.229. The molecule has 10 heteroatoms. The van der Waals surface area contributed by atoms with Crippen LogP contribution in [0, 0.1) is 0 Å². The molecule has 8 atom stereocenters. The molecule has 2 fully saturated rings. The highest BCUT2D eigenvalue weighted by Crippen LogP contribution is 2.30. The normalized spacial score (nSPS) is 30.9. The molecule has 6 N–H and O–H groups in total. The van der Waals surface area contributed by atoms with Crippen molar-refractivity contribution in [1.29, 1.82) is 0 Å². The van der Waals surface area contributed by atoms with Gasteiger partial charge in [0, 0.05) is 33.0 Å². The summed E-state index contributed by atoms with van der Waals surface area (Å²) < 4.78 is 17.9. The van der Waals surface area contributed by atoms with Crippen molar-refractivity contribution in [3.05, 3.63) is 34.9 Å². The van der Waals surface area contributed by atoms with E-state index in [4.69, 9.17) is 25.7 Å². The van der Waals surface area contributed by atoms with E-state index in [9.17, 15) is 9.90 Å². The van der Waals surface area contributed by atoms with E-state index in [1.165, 1.54) is 21.6 Å². The molecule has 0 radical (unpaired) electrons. The molecule has 0 aromatic carbocycles. The second kappa shape index (κ2) is 18.7. The van der Waals surface area contributed by atoms with Crippen LogP contribution < -0.4 is 16.8 Å². The first-order chi connectivity index (χ1) is 20.0. The van der Waals surface area contributed by atoms with Crippen LogP contribution >= 0.6 is 0 Å². The average molecular weight is 592 g/mol. The molecule has 0 aromatic heterocycles. The van der Waals surface area contributed by atoms with Crippen LogP contribution in [0.25, 0.3) is 0 Å². The number of aliphatic hydroxyl groups excluding tert-OH is 1. The lowest BCUT2D eigenvalue weighted by Gasteiger charge is -2.48. The third kappa shape index (κ3) is 11.6. The lowest BCUT2D eigenvalue weighted by atomic mass is 9.83. The maximum atomic E-state index is 13.1. The summed E-state index contributed by atoms with van der Waals surface area (Å²) in [4.78, 5) is 18.9. The first-order valence-electron chi connectivity index (χ1n) is 15.4. The van der Waals surface area contributed by atoms with Gasteiger partial charge < -0.3 is 41.0 Å². The van der Waals surface area contributed by atoms with Crippen LogP contribution in [0.1, 0.15) is 72.6 Å². The number of allylic oxidation sites excluding steroid dienone is 6. The molecule has 0 spiro atoms. The van der Waals surface area contributed by atoms with Gasteiger partial charge in [0.25, 0.3) is 0 Å². The summed E-state index contributed by atoms with van der Waals surface area (Å²) in [5, 5.41) is 14.5. The molecule has 240 valence electrons. The number of ether oxygens (including phenoxy) is 3. The van der Waals surface area contributed by atoms with Gasteiger partial charge in [0.05, 0.1) is 24.3 Å². The number of nitrogens with one attached hydrogen (secondary N) is 1. The smallest absolute Gasteiger partial charge is 0.244 e. The molecule has 0 aromatic rings. The van der Waals surface area contributed by atoms with Crippen molar-refractivity contribution in [2.24, 2.45) is 16.5 Å². The fourth-order valence-corrected chi connectivity index (χ4v) is 5.55. The average Bonchev–Trinajstić information content (AvgIpc) is 2.94. The molecule has 0 bridgehead atoms. The number of carbonyl (C=O) groups is 1. The Balaban J connectivity index is 1.94. The van der Waals surface area contributed by atoms with E-state index in [1.54, 1.807) is 20.4 Å². The number of aliphatic imine (C=N–C) groups is 1. The van der Waals surface area contributed by atoms with Gasteiger partial charge in [-0.05, 0) is 85.8 Å². The van der Waals surface area contributed by atoms with Crippen molar-refractivity contribution in [2.45, 2.75) is 121 Å². The minimum atomic E-state index is -1.09. The number of aliphatic hydroxyl groups is 1. The number of methoxy groups -OCH3 is 1. The minimum absolute atomic E-state index is 0.0303. The zero-order chi connectivity index (χ0) is 31.2. The number of likely N-dealkylation sites (N-methyl/N-ethyl adjacent to an activating group) is 2. The first kappa shape index (κ1) is 36.3. The third-order valence-electron chi connectivity index (χ3n) is 8.17. The van der Waals surface area contributed by atoms with Gasteiger partial charge in [-0.15, -0.1) is 0 Å². The van der Waals surface area contributed by atoms with Crippen molar-refractivity contribution in [2.75, 3.05) is 34.3 Å². The molecule has 2 rings (SSSR count). The molecule has 1 aliphatic heterocycles. The second-order valence-corrected chi connectivity index (χ2v) is 12.1. The lowest BCUT2D eigenvalue weighted by molar-refractivity contribution is -0.254. The van der Waals surface area contributed by atoms with Gasteiger partial charge in [-0.25, -0.2) is 0 Å². The zero-order valence-corrected chi connectivity index (χ0v) is 26.9. The van der Waals surface area contributed by atoms with Crippen molar-refractivity contribution in [3.63, 3.8) is 0 Å². The Morgan fingerprint density at radius 3 is 2.45 bits per heavy atom. The number of rotatable bonds is 15. The molecule has 1 heterocycles. The molecule has 10 nitrogen and oxygen atoms in total. The Morgan fingerprint density at radius 1 is 1.10 bits per heavy atom. The highest BCUT2D eigenvalue weighted by Gasteiger charge is 2.48. The summed E-state index contributed by atoms with van der Waals surface area (Å²) in [6, 6.07) is -1.49. The molecule has 42 heavy (non-hydrogen) atoms.